The molecule has 5 nitrogen and oxygen atoms in total. The van der Waals surface area contributed by atoms with Gasteiger partial charge in [-0.1, -0.05) is 18.2 Å². The average molecular weight is 299 g/mol. The molecule has 2 heterocycles. The molecule has 0 saturated heterocycles. The fraction of sp³-hybridized carbons (Fsp3) is 0.133. The summed E-state index contributed by atoms with van der Waals surface area (Å²) in [6.45, 7) is 1.90. The lowest BCUT2D eigenvalue weighted by Crippen LogP contribution is -2.02. The van der Waals surface area contributed by atoms with E-state index in [1.165, 1.54) is 11.8 Å². The molecule has 3 rings (SSSR count). The third kappa shape index (κ3) is 2.62. The molecule has 3 aromatic rings. The number of carboxylic acids is 1. The van der Waals surface area contributed by atoms with Gasteiger partial charge in [-0.05, 0) is 36.9 Å². The number of para-hydroxylation sites is 1. The maximum Gasteiger partial charge on any atom is 0.338 e. The lowest BCUT2D eigenvalue weighted by atomic mass is 10.1. The number of rotatable bonds is 3. The summed E-state index contributed by atoms with van der Waals surface area (Å²) >= 11 is 1.31. The largest absolute Gasteiger partial charge is 0.478 e. The SMILES string of the molecule is Cc1cc(Sc2nc3ccccc3cc2C(=O)O)n(C)n1. The first-order valence-electron chi connectivity index (χ1n) is 6.36. The van der Waals surface area contributed by atoms with Gasteiger partial charge < -0.3 is 5.11 Å². The highest BCUT2D eigenvalue weighted by molar-refractivity contribution is 7.99. The molecule has 0 aliphatic rings. The van der Waals surface area contributed by atoms with Crippen molar-refractivity contribution >= 4 is 28.6 Å². The lowest BCUT2D eigenvalue weighted by molar-refractivity contribution is 0.0692. The van der Waals surface area contributed by atoms with E-state index in [-0.39, 0.29) is 5.56 Å². The molecular formula is C15H13N3O2S. The molecule has 0 bridgehead atoms. The first-order chi connectivity index (χ1) is 10.0. The van der Waals surface area contributed by atoms with E-state index in [9.17, 15) is 9.90 Å². The van der Waals surface area contributed by atoms with Crippen molar-refractivity contribution in [3.8, 4) is 0 Å². The molecule has 0 aliphatic heterocycles. The van der Waals surface area contributed by atoms with Gasteiger partial charge in [0, 0.05) is 12.4 Å². The summed E-state index contributed by atoms with van der Waals surface area (Å²) in [6.07, 6.45) is 0. The number of aromatic nitrogens is 3. The molecule has 0 atom stereocenters. The van der Waals surface area contributed by atoms with Crippen molar-refractivity contribution in [3.63, 3.8) is 0 Å². The van der Waals surface area contributed by atoms with Gasteiger partial charge in [-0.3, -0.25) is 4.68 Å². The second-order valence-corrected chi connectivity index (χ2v) is 5.70. The van der Waals surface area contributed by atoms with Crippen molar-refractivity contribution in [3.05, 3.63) is 47.7 Å². The quantitative estimate of drug-likeness (QED) is 0.804. The van der Waals surface area contributed by atoms with E-state index in [1.54, 1.807) is 10.7 Å². The molecule has 0 fully saturated rings. The Kier molecular flexibility index (Phi) is 3.39. The zero-order chi connectivity index (χ0) is 15.0. The van der Waals surface area contributed by atoms with E-state index in [1.807, 2.05) is 44.3 Å². The van der Waals surface area contributed by atoms with Gasteiger partial charge >= 0.3 is 5.97 Å². The number of aromatic carboxylic acids is 1. The van der Waals surface area contributed by atoms with E-state index in [0.717, 1.165) is 21.6 Å². The van der Waals surface area contributed by atoms with Crippen LogP contribution in [0.15, 0.2) is 46.5 Å². The standard InChI is InChI=1S/C15H13N3O2S/c1-9-7-13(18(2)17-9)21-14-11(15(19)20)8-10-5-3-4-6-12(10)16-14/h3-8H,1-2H3,(H,19,20). The third-order valence-electron chi connectivity index (χ3n) is 3.08. The summed E-state index contributed by atoms with van der Waals surface area (Å²) in [5.74, 6) is -0.977. The number of carboxylic acid groups (broad SMARTS) is 1. The summed E-state index contributed by atoms with van der Waals surface area (Å²) in [5, 5.41) is 15.8. The molecule has 1 aromatic carbocycles. The molecule has 2 aromatic heterocycles. The van der Waals surface area contributed by atoms with E-state index >= 15 is 0 Å². The fourth-order valence-corrected chi connectivity index (χ4v) is 3.11. The topological polar surface area (TPSA) is 68.0 Å². The van der Waals surface area contributed by atoms with E-state index in [2.05, 4.69) is 10.1 Å². The number of aryl methyl sites for hydroxylation is 2. The zero-order valence-corrected chi connectivity index (χ0v) is 12.4. The fourth-order valence-electron chi connectivity index (χ4n) is 2.11. The molecule has 0 spiro atoms. The van der Waals surface area contributed by atoms with Crippen LogP contribution < -0.4 is 0 Å². The molecule has 1 N–H and O–H groups in total. The number of carbonyl (C=O) groups is 1. The summed E-state index contributed by atoms with van der Waals surface area (Å²) < 4.78 is 1.72. The van der Waals surface area contributed by atoms with Crippen molar-refractivity contribution in [2.75, 3.05) is 0 Å². The molecule has 0 amide bonds. The Bertz CT molecular complexity index is 842. The maximum absolute atomic E-state index is 11.5. The highest BCUT2D eigenvalue weighted by atomic mass is 32.2. The first-order valence-corrected chi connectivity index (χ1v) is 7.18. The van der Waals surface area contributed by atoms with Crippen LogP contribution in [0.25, 0.3) is 10.9 Å². The van der Waals surface area contributed by atoms with Crippen molar-refractivity contribution in [1.29, 1.82) is 0 Å². The Morgan fingerprint density at radius 3 is 2.71 bits per heavy atom. The minimum atomic E-state index is -0.977. The molecule has 0 radical (unpaired) electrons. The van der Waals surface area contributed by atoms with Crippen LogP contribution >= 0.6 is 11.8 Å². The Morgan fingerprint density at radius 1 is 1.29 bits per heavy atom. The Morgan fingerprint density at radius 2 is 2.05 bits per heavy atom. The number of pyridine rings is 1. The normalized spacial score (nSPS) is 11.0. The number of nitrogens with zero attached hydrogens (tertiary/aromatic N) is 3. The summed E-state index contributed by atoms with van der Waals surface area (Å²) in [4.78, 5) is 16.0. The van der Waals surface area contributed by atoms with Crippen LogP contribution in [0.4, 0.5) is 0 Å². The van der Waals surface area contributed by atoms with Crippen molar-refractivity contribution in [1.82, 2.24) is 14.8 Å². The molecular weight excluding hydrogens is 286 g/mol. The van der Waals surface area contributed by atoms with Crippen molar-refractivity contribution in [2.24, 2.45) is 7.05 Å². The molecule has 0 aliphatic carbocycles. The number of hydrogen-bond donors (Lipinski definition) is 1. The van der Waals surface area contributed by atoms with Gasteiger partial charge in [0.15, 0.2) is 0 Å². The van der Waals surface area contributed by atoms with E-state index in [4.69, 9.17) is 0 Å². The van der Waals surface area contributed by atoms with Gasteiger partial charge in [0.1, 0.15) is 10.1 Å². The Labute approximate surface area is 125 Å². The molecule has 21 heavy (non-hydrogen) atoms. The summed E-state index contributed by atoms with van der Waals surface area (Å²) in [5.41, 5.74) is 1.87. The maximum atomic E-state index is 11.5. The van der Waals surface area contributed by atoms with E-state index in [0.29, 0.717) is 5.03 Å². The van der Waals surface area contributed by atoms with Crippen molar-refractivity contribution in [2.45, 2.75) is 17.0 Å². The monoisotopic (exact) mass is 299 g/mol. The minimum absolute atomic E-state index is 0.206. The number of fused-ring (bicyclic) bond motifs is 1. The van der Waals surface area contributed by atoms with Crippen LogP contribution in [-0.2, 0) is 7.05 Å². The minimum Gasteiger partial charge on any atom is -0.478 e. The summed E-state index contributed by atoms with van der Waals surface area (Å²) in [6, 6.07) is 11.1. The second-order valence-electron chi connectivity index (χ2n) is 4.69. The highest BCUT2D eigenvalue weighted by Crippen LogP contribution is 2.31. The van der Waals surface area contributed by atoms with Crippen LogP contribution in [0.5, 0.6) is 0 Å². The van der Waals surface area contributed by atoms with Crippen LogP contribution in [0, 0.1) is 6.92 Å². The van der Waals surface area contributed by atoms with Gasteiger partial charge in [-0.2, -0.15) is 5.10 Å². The van der Waals surface area contributed by atoms with Gasteiger partial charge in [0.2, 0.25) is 0 Å². The van der Waals surface area contributed by atoms with Gasteiger partial charge in [0.05, 0.1) is 16.8 Å². The lowest BCUT2D eigenvalue weighted by Gasteiger charge is -2.07. The Balaban J connectivity index is 2.13. The first kappa shape index (κ1) is 13.6. The molecule has 106 valence electrons. The van der Waals surface area contributed by atoms with Gasteiger partial charge in [-0.25, -0.2) is 9.78 Å². The summed E-state index contributed by atoms with van der Waals surface area (Å²) in [7, 11) is 1.83. The van der Waals surface area contributed by atoms with Crippen LogP contribution in [0.2, 0.25) is 0 Å². The highest BCUT2D eigenvalue weighted by Gasteiger charge is 2.16. The molecule has 0 unspecified atom stereocenters. The predicted molar refractivity (Wildman–Crippen MR) is 80.8 cm³/mol. The number of hydrogen-bond acceptors (Lipinski definition) is 4. The molecule has 6 heteroatoms. The third-order valence-corrected chi connectivity index (χ3v) is 4.18. The van der Waals surface area contributed by atoms with Crippen LogP contribution in [-0.4, -0.2) is 25.8 Å². The van der Waals surface area contributed by atoms with Gasteiger partial charge in [0.25, 0.3) is 0 Å². The average Bonchev–Trinajstić information content (AvgIpc) is 2.76. The van der Waals surface area contributed by atoms with E-state index < -0.39 is 5.97 Å². The Hall–Kier alpha value is -2.34. The van der Waals surface area contributed by atoms with Crippen LogP contribution in [0.1, 0.15) is 16.1 Å². The van der Waals surface area contributed by atoms with Gasteiger partial charge in [-0.15, -0.1) is 0 Å². The predicted octanol–water partition coefficient (Wildman–Crippen LogP) is 3.13. The second kappa shape index (κ2) is 5.21. The molecule has 0 saturated carbocycles. The zero-order valence-electron chi connectivity index (χ0n) is 11.6. The smallest absolute Gasteiger partial charge is 0.338 e. The van der Waals surface area contributed by atoms with Crippen molar-refractivity contribution < 1.29 is 9.90 Å². The number of benzene rings is 1. The van der Waals surface area contributed by atoms with Crippen LogP contribution in [0.3, 0.4) is 0 Å².